The van der Waals surface area contributed by atoms with Crippen molar-refractivity contribution in [3.8, 4) is 12.3 Å². The molecule has 0 saturated heterocycles. The SMILES string of the molecule is C#CCN(CC=C)[C@@H](CC(=O)OC)C(=O)OC. The number of ether oxygens (including phenoxy) is 2. The molecule has 0 radical (unpaired) electrons. The van der Waals surface area contributed by atoms with E-state index >= 15 is 0 Å². The zero-order chi connectivity index (χ0) is 13.3. The lowest BCUT2D eigenvalue weighted by Gasteiger charge is -2.25. The highest BCUT2D eigenvalue weighted by atomic mass is 16.5. The van der Waals surface area contributed by atoms with Crippen LogP contribution in [0, 0.1) is 12.3 Å². The van der Waals surface area contributed by atoms with Gasteiger partial charge in [0.25, 0.3) is 0 Å². The molecule has 0 rings (SSSR count). The van der Waals surface area contributed by atoms with Crippen molar-refractivity contribution in [3.63, 3.8) is 0 Å². The van der Waals surface area contributed by atoms with Crippen molar-refractivity contribution in [3.05, 3.63) is 12.7 Å². The number of nitrogens with zero attached hydrogens (tertiary/aromatic N) is 1. The van der Waals surface area contributed by atoms with Crippen LogP contribution in [0.1, 0.15) is 6.42 Å². The molecular weight excluding hydrogens is 222 g/mol. The highest BCUT2D eigenvalue weighted by Gasteiger charge is 2.28. The average Bonchev–Trinajstić information content (AvgIpc) is 2.34. The molecule has 0 aliphatic carbocycles. The van der Waals surface area contributed by atoms with E-state index in [-0.39, 0.29) is 13.0 Å². The largest absolute Gasteiger partial charge is 0.469 e. The van der Waals surface area contributed by atoms with E-state index in [0.717, 1.165) is 0 Å². The summed E-state index contributed by atoms with van der Waals surface area (Å²) in [5, 5.41) is 0. The summed E-state index contributed by atoms with van der Waals surface area (Å²) in [5.41, 5.74) is 0. The summed E-state index contributed by atoms with van der Waals surface area (Å²) in [6.07, 6.45) is 6.71. The van der Waals surface area contributed by atoms with Gasteiger partial charge in [0, 0.05) is 6.54 Å². The third-order valence-electron chi connectivity index (χ3n) is 2.16. The molecule has 0 aliphatic rings. The van der Waals surface area contributed by atoms with E-state index in [1.807, 2.05) is 0 Å². The van der Waals surface area contributed by atoms with Crippen LogP contribution in [0.2, 0.25) is 0 Å². The van der Waals surface area contributed by atoms with Gasteiger partial charge in [0.05, 0.1) is 27.2 Å². The molecule has 0 aromatic rings. The monoisotopic (exact) mass is 239 g/mol. The summed E-state index contributed by atoms with van der Waals surface area (Å²) in [4.78, 5) is 24.4. The predicted octanol–water partition coefficient (Wildman–Crippen LogP) is 0.212. The molecule has 5 nitrogen and oxygen atoms in total. The molecule has 94 valence electrons. The summed E-state index contributed by atoms with van der Waals surface area (Å²) in [7, 11) is 2.52. The Morgan fingerprint density at radius 2 is 2.12 bits per heavy atom. The van der Waals surface area contributed by atoms with E-state index in [2.05, 4.69) is 22.0 Å². The van der Waals surface area contributed by atoms with Gasteiger partial charge in [0.2, 0.25) is 0 Å². The van der Waals surface area contributed by atoms with Crippen molar-refractivity contribution in [1.82, 2.24) is 4.90 Å². The zero-order valence-electron chi connectivity index (χ0n) is 10.1. The van der Waals surface area contributed by atoms with Crippen molar-refractivity contribution in [2.45, 2.75) is 12.5 Å². The third-order valence-corrected chi connectivity index (χ3v) is 2.16. The van der Waals surface area contributed by atoms with Crippen molar-refractivity contribution < 1.29 is 19.1 Å². The number of esters is 2. The van der Waals surface area contributed by atoms with E-state index in [4.69, 9.17) is 6.42 Å². The zero-order valence-corrected chi connectivity index (χ0v) is 10.1. The van der Waals surface area contributed by atoms with Gasteiger partial charge in [-0.15, -0.1) is 13.0 Å². The van der Waals surface area contributed by atoms with Crippen LogP contribution < -0.4 is 0 Å². The van der Waals surface area contributed by atoms with Crippen molar-refractivity contribution in [2.24, 2.45) is 0 Å². The molecule has 1 atom stereocenters. The lowest BCUT2D eigenvalue weighted by atomic mass is 10.1. The summed E-state index contributed by atoms with van der Waals surface area (Å²) < 4.78 is 9.17. The summed E-state index contributed by atoms with van der Waals surface area (Å²) in [6, 6.07) is -0.749. The van der Waals surface area contributed by atoms with Gasteiger partial charge in [-0.1, -0.05) is 12.0 Å². The van der Waals surface area contributed by atoms with E-state index in [9.17, 15) is 9.59 Å². The number of hydrogen-bond acceptors (Lipinski definition) is 5. The molecule has 0 aliphatic heterocycles. The molecule has 0 N–H and O–H groups in total. The maximum atomic E-state index is 11.6. The molecule has 0 spiro atoms. The Bertz CT molecular complexity index is 319. The van der Waals surface area contributed by atoms with Crippen LogP contribution in [-0.4, -0.2) is 50.2 Å². The van der Waals surface area contributed by atoms with Gasteiger partial charge in [0.15, 0.2) is 0 Å². The van der Waals surface area contributed by atoms with Gasteiger partial charge in [-0.2, -0.15) is 0 Å². The van der Waals surface area contributed by atoms with Crippen LogP contribution in [0.3, 0.4) is 0 Å². The van der Waals surface area contributed by atoms with Crippen molar-refractivity contribution in [1.29, 1.82) is 0 Å². The Morgan fingerprint density at radius 3 is 2.53 bits per heavy atom. The number of rotatable bonds is 7. The average molecular weight is 239 g/mol. The Morgan fingerprint density at radius 1 is 1.47 bits per heavy atom. The molecule has 0 aromatic carbocycles. The molecule has 0 bridgehead atoms. The fourth-order valence-corrected chi connectivity index (χ4v) is 1.32. The highest BCUT2D eigenvalue weighted by molar-refractivity contribution is 5.82. The fraction of sp³-hybridized carbons (Fsp3) is 0.500. The maximum absolute atomic E-state index is 11.6. The van der Waals surface area contributed by atoms with Crippen LogP contribution in [0.4, 0.5) is 0 Å². The Hall–Kier alpha value is -1.80. The fourth-order valence-electron chi connectivity index (χ4n) is 1.32. The molecule has 5 heteroatoms. The molecule has 17 heavy (non-hydrogen) atoms. The number of methoxy groups -OCH3 is 2. The highest BCUT2D eigenvalue weighted by Crippen LogP contribution is 2.07. The van der Waals surface area contributed by atoms with Crippen molar-refractivity contribution >= 4 is 11.9 Å². The topological polar surface area (TPSA) is 55.8 Å². The molecule has 0 unspecified atom stereocenters. The molecule has 0 heterocycles. The minimum absolute atomic E-state index is 0.0985. The quantitative estimate of drug-likeness (QED) is 0.361. The molecule has 0 saturated carbocycles. The predicted molar refractivity (Wildman–Crippen MR) is 63.0 cm³/mol. The third kappa shape index (κ3) is 5.18. The minimum Gasteiger partial charge on any atom is -0.469 e. The molecule has 0 amide bonds. The summed E-state index contributed by atoms with van der Waals surface area (Å²) in [6.45, 7) is 4.19. The van der Waals surface area contributed by atoms with Crippen molar-refractivity contribution in [2.75, 3.05) is 27.3 Å². The van der Waals surface area contributed by atoms with Crippen LogP contribution in [0.15, 0.2) is 12.7 Å². The first-order valence-electron chi connectivity index (χ1n) is 5.03. The normalized spacial score (nSPS) is 11.4. The minimum atomic E-state index is -0.749. The van der Waals surface area contributed by atoms with E-state index < -0.39 is 18.0 Å². The Labute approximate surface area is 101 Å². The second kappa shape index (κ2) is 8.36. The van der Waals surface area contributed by atoms with Crippen LogP contribution >= 0.6 is 0 Å². The first kappa shape index (κ1) is 15.2. The number of hydrogen-bond donors (Lipinski definition) is 0. The van der Waals surface area contributed by atoms with Gasteiger partial charge in [0.1, 0.15) is 6.04 Å². The van der Waals surface area contributed by atoms with E-state index in [1.54, 1.807) is 11.0 Å². The number of carbonyl (C=O) groups excluding carboxylic acids is 2. The summed E-state index contributed by atoms with van der Waals surface area (Å²) >= 11 is 0. The van der Waals surface area contributed by atoms with Gasteiger partial charge >= 0.3 is 11.9 Å². The molecular formula is C12H17NO4. The second-order valence-corrected chi connectivity index (χ2v) is 3.24. The second-order valence-electron chi connectivity index (χ2n) is 3.24. The Balaban J connectivity index is 4.84. The first-order valence-corrected chi connectivity index (χ1v) is 5.03. The van der Waals surface area contributed by atoms with Crippen LogP contribution in [0.5, 0.6) is 0 Å². The van der Waals surface area contributed by atoms with Crippen LogP contribution in [0.25, 0.3) is 0 Å². The smallest absolute Gasteiger partial charge is 0.323 e. The lowest BCUT2D eigenvalue weighted by Crippen LogP contribution is -2.43. The van der Waals surface area contributed by atoms with Gasteiger partial charge < -0.3 is 9.47 Å². The van der Waals surface area contributed by atoms with Gasteiger partial charge in [-0.3, -0.25) is 14.5 Å². The first-order chi connectivity index (χ1) is 8.10. The standard InChI is InChI=1S/C12H17NO4/c1-5-7-13(8-6-2)10(12(15)17-4)9-11(14)16-3/h1,6,10H,2,7-9H2,3-4H3/t10-/m0/s1. The molecule has 0 aromatic heterocycles. The number of carbonyl (C=O) groups is 2. The lowest BCUT2D eigenvalue weighted by molar-refractivity contribution is -0.153. The van der Waals surface area contributed by atoms with Gasteiger partial charge in [-0.05, 0) is 0 Å². The summed E-state index contributed by atoms with van der Waals surface area (Å²) in [5.74, 6) is 1.41. The number of terminal acetylenes is 1. The van der Waals surface area contributed by atoms with E-state index in [0.29, 0.717) is 6.54 Å². The van der Waals surface area contributed by atoms with Gasteiger partial charge in [-0.25, -0.2) is 0 Å². The van der Waals surface area contributed by atoms with E-state index in [1.165, 1.54) is 14.2 Å². The maximum Gasteiger partial charge on any atom is 0.323 e. The molecule has 0 fully saturated rings. The van der Waals surface area contributed by atoms with Crippen LogP contribution in [-0.2, 0) is 19.1 Å². The Kier molecular flexibility index (Phi) is 7.48.